The SMILES string of the molecule is CNC(C)(CC(C)SCC(O)CO)C(=O)OC. The Kier molecular flexibility index (Phi) is 7.78. The van der Waals surface area contributed by atoms with Gasteiger partial charge in [0.1, 0.15) is 5.54 Å². The van der Waals surface area contributed by atoms with Crippen molar-refractivity contribution in [1.29, 1.82) is 0 Å². The zero-order valence-electron chi connectivity index (χ0n) is 10.9. The van der Waals surface area contributed by atoms with Crippen LogP contribution in [0.15, 0.2) is 0 Å². The monoisotopic (exact) mass is 265 g/mol. The van der Waals surface area contributed by atoms with Crippen LogP contribution in [-0.2, 0) is 9.53 Å². The first-order valence-electron chi connectivity index (χ1n) is 5.57. The maximum Gasteiger partial charge on any atom is 0.325 e. The molecule has 3 unspecified atom stereocenters. The molecule has 0 radical (unpaired) electrons. The lowest BCUT2D eigenvalue weighted by molar-refractivity contribution is -0.147. The van der Waals surface area contributed by atoms with E-state index in [0.717, 1.165) is 0 Å². The van der Waals surface area contributed by atoms with Crippen molar-refractivity contribution in [3.8, 4) is 0 Å². The van der Waals surface area contributed by atoms with E-state index in [1.54, 1.807) is 14.0 Å². The van der Waals surface area contributed by atoms with E-state index in [0.29, 0.717) is 12.2 Å². The summed E-state index contributed by atoms with van der Waals surface area (Å²) in [6.07, 6.45) is -0.111. The quantitative estimate of drug-likeness (QED) is 0.536. The Labute approximate surface area is 107 Å². The van der Waals surface area contributed by atoms with E-state index in [4.69, 9.17) is 9.84 Å². The molecule has 0 aliphatic carbocycles. The van der Waals surface area contributed by atoms with Crippen LogP contribution >= 0.6 is 11.8 Å². The molecule has 17 heavy (non-hydrogen) atoms. The van der Waals surface area contributed by atoms with Gasteiger partial charge in [-0.2, -0.15) is 11.8 Å². The topological polar surface area (TPSA) is 78.8 Å². The molecule has 0 aliphatic rings. The van der Waals surface area contributed by atoms with Crippen LogP contribution in [0.4, 0.5) is 0 Å². The van der Waals surface area contributed by atoms with Gasteiger partial charge in [0.25, 0.3) is 0 Å². The van der Waals surface area contributed by atoms with Crippen LogP contribution < -0.4 is 5.32 Å². The summed E-state index contributed by atoms with van der Waals surface area (Å²) in [6, 6.07) is 0. The van der Waals surface area contributed by atoms with E-state index in [9.17, 15) is 9.90 Å². The molecule has 0 saturated heterocycles. The molecule has 0 saturated carbocycles. The highest BCUT2D eigenvalue weighted by atomic mass is 32.2. The van der Waals surface area contributed by atoms with Crippen LogP contribution in [-0.4, -0.2) is 59.6 Å². The number of hydrogen-bond acceptors (Lipinski definition) is 6. The van der Waals surface area contributed by atoms with Crippen molar-refractivity contribution >= 4 is 17.7 Å². The lowest BCUT2D eigenvalue weighted by Crippen LogP contribution is -2.49. The molecule has 0 aromatic rings. The summed E-state index contributed by atoms with van der Waals surface area (Å²) in [5.41, 5.74) is -0.717. The van der Waals surface area contributed by atoms with Gasteiger partial charge in [-0.1, -0.05) is 6.92 Å². The van der Waals surface area contributed by atoms with E-state index in [1.165, 1.54) is 18.9 Å². The second kappa shape index (κ2) is 7.92. The molecule has 0 spiro atoms. The van der Waals surface area contributed by atoms with Crippen molar-refractivity contribution in [2.75, 3.05) is 26.5 Å². The van der Waals surface area contributed by atoms with Gasteiger partial charge in [0.15, 0.2) is 0 Å². The zero-order chi connectivity index (χ0) is 13.5. The van der Waals surface area contributed by atoms with Gasteiger partial charge in [-0.25, -0.2) is 0 Å². The second-order valence-electron chi connectivity index (χ2n) is 4.26. The van der Waals surface area contributed by atoms with Crippen LogP contribution in [0.3, 0.4) is 0 Å². The van der Waals surface area contributed by atoms with Crippen molar-refractivity contribution in [3.05, 3.63) is 0 Å². The molecule has 3 atom stereocenters. The van der Waals surface area contributed by atoms with Gasteiger partial charge < -0.3 is 20.3 Å². The number of hydrogen-bond donors (Lipinski definition) is 3. The highest BCUT2D eigenvalue weighted by Crippen LogP contribution is 2.23. The molecule has 0 aromatic carbocycles. The third kappa shape index (κ3) is 5.72. The number of aliphatic hydroxyl groups excluding tert-OH is 2. The number of ether oxygens (including phenoxy) is 1. The fraction of sp³-hybridized carbons (Fsp3) is 0.909. The Morgan fingerprint density at radius 3 is 2.59 bits per heavy atom. The average molecular weight is 265 g/mol. The summed E-state index contributed by atoms with van der Waals surface area (Å²) in [7, 11) is 3.09. The Morgan fingerprint density at radius 2 is 2.18 bits per heavy atom. The normalized spacial score (nSPS) is 18.2. The summed E-state index contributed by atoms with van der Waals surface area (Å²) in [5, 5.41) is 21.1. The van der Waals surface area contributed by atoms with E-state index in [1.807, 2.05) is 6.92 Å². The molecule has 3 N–H and O–H groups in total. The maximum atomic E-state index is 11.6. The van der Waals surface area contributed by atoms with E-state index >= 15 is 0 Å². The van der Waals surface area contributed by atoms with Crippen molar-refractivity contribution in [1.82, 2.24) is 5.32 Å². The number of methoxy groups -OCH3 is 1. The van der Waals surface area contributed by atoms with Crippen molar-refractivity contribution in [2.45, 2.75) is 37.2 Å². The molecule has 0 aliphatic heterocycles. The van der Waals surface area contributed by atoms with Gasteiger partial charge >= 0.3 is 5.97 Å². The molecule has 0 heterocycles. The van der Waals surface area contributed by atoms with E-state index in [-0.39, 0.29) is 17.8 Å². The van der Waals surface area contributed by atoms with Gasteiger partial charge in [0, 0.05) is 11.0 Å². The minimum absolute atomic E-state index is 0.174. The first-order chi connectivity index (χ1) is 7.89. The van der Waals surface area contributed by atoms with Crippen LogP contribution in [0.2, 0.25) is 0 Å². The number of esters is 1. The predicted octanol–water partition coefficient (Wildman–Crippen LogP) is 0.00250. The number of nitrogens with one attached hydrogen (secondary N) is 1. The lowest BCUT2D eigenvalue weighted by Gasteiger charge is -2.29. The summed E-state index contributed by atoms with van der Waals surface area (Å²) in [5.74, 6) is 0.161. The van der Waals surface area contributed by atoms with E-state index in [2.05, 4.69) is 5.32 Å². The van der Waals surface area contributed by atoms with Gasteiger partial charge in [-0.05, 0) is 20.4 Å². The Morgan fingerprint density at radius 1 is 1.59 bits per heavy atom. The standard InChI is InChI=1S/C11H23NO4S/c1-8(17-7-9(14)6-13)5-11(2,12-3)10(15)16-4/h8-9,12-14H,5-7H2,1-4H3. The Hall–Kier alpha value is -0.300. The molecule has 0 fully saturated rings. The Balaban J connectivity index is 4.23. The average Bonchev–Trinajstić information content (AvgIpc) is 2.34. The number of likely N-dealkylation sites (N-methyl/N-ethyl adjacent to an activating group) is 1. The number of rotatable bonds is 8. The number of thioether (sulfide) groups is 1. The van der Waals surface area contributed by atoms with Crippen LogP contribution in [0.1, 0.15) is 20.3 Å². The van der Waals surface area contributed by atoms with Gasteiger partial charge in [0.2, 0.25) is 0 Å². The summed E-state index contributed by atoms with van der Waals surface area (Å²) >= 11 is 1.52. The van der Waals surface area contributed by atoms with Crippen LogP contribution in [0, 0.1) is 0 Å². The molecule has 5 nitrogen and oxygen atoms in total. The predicted molar refractivity (Wildman–Crippen MR) is 69.1 cm³/mol. The second-order valence-corrected chi connectivity index (χ2v) is 5.73. The molecule has 0 rings (SSSR count). The molecule has 0 aromatic heterocycles. The Bertz CT molecular complexity index is 240. The van der Waals surface area contributed by atoms with Crippen molar-refractivity contribution in [3.63, 3.8) is 0 Å². The van der Waals surface area contributed by atoms with Crippen LogP contribution in [0.5, 0.6) is 0 Å². The van der Waals surface area contributed by atoms with Crippen LogP contribution in [0.25, 0.3) is 0 Å². The van der Waals surface area contributed by atoms with Crippen molar-refractivity contribution < 1.29 is 19.7 Å². The molecule has 102 valence electrons. The smallest absolute Gasteiger partial charge is 0.325 e. The summed E-state index contributed by atoms with van der Waals surface area (Å²) in [6.45, 7) is 3.53. The largest absolute Gasteiger partial charge is 0.468 e. The number of aliphatic hydroxyl groups is 2. The molecule has 6 heteroatoms. The van der Waals surface area contributed by atoms with Gasteiger partial charge in [-0.3, -0.25) is 4.79 Å². The number of carbonyl (C=O) groups is 1. The summed E-state index contributed by atoms with van der Waals surface area (Å²) < 4.78 is 4.75. The minimum atomic E-state index is -0.717. The van der Waals surface area contributed by atoms with E-state index < -0.39 is 11.6 Å². The zero-order valence-corrected chi connectivity index (χ0v) is 11.7. The van der Waals surface area contributed by atoms with Gasteiger partial charge in [0.05, 0.1) is 19.8 Å². The fourth-order valence-corrected chi connectivity index (χ4v) is 2.58. The first kappa shape index (κ1) is 16.7. The molecular formula is C11H23NO4S. The minimum Gasteiger partial charge on any atom is -0.468 e. The highest BCUT2D eigenvalue weighted by molar-refractivity contribution is 7.99. The van der Waals surface area contributed by atoms with Gasteiger partial charge in [-0.15, -0.1) is 0 Å². The molecule has 0 bridgehead atoms. The maximum absolute atomic E-state index is 11.6. The third-order valence-corrected chi connectivity index (χ3v) is 3.98. The lowest BCUT2D eigenvalue weighted by atomic mass is 9.96. The summed E-state index contributed by atoms with van der Waals surface area (Å²) in [4.78, 5) is 11.6. The fourth-order valence-electron chi connectivity index (χ4n) is 1.47. The third-order valence-electron chi connectivity index (χ3n) is 2.67. The van der Waals surface area contributed by atoms with Crippen molar-refractivity contribution in [2.24, 2.45) is 0 Å². The highest BCUT2D eigenvalue weighted by Gasteiger charge is 2.34. The molecule has 0 amide bonds. The first-order valence-corrected chi connectivity index (χ1v) is 6.62. The molecular weight excluding hydrogens is 242 g/mol. The number of carbonyl (C=O) groups excluding carboxylic acids is 1.